The predicted octanol–water partition coefficient (Wildman–Crippen LogP) is 2.95. The monoisotopic (exact) mass is 492 g/mol. The van der Waals surface area contributed by atoms with Gasteiger partial charge in [0.1, 0.15) is 17.6 Å². The van der Waals surface area contributed by atoms with Gasteiger partial charge in [-0.2, -0.15) is 0 Å². The van der Waals surface area contributed by atoms with Crippen molar-refractivity contribution in [2.24, 2.45) is 0 Å². The van der Waals surface area contributed by atoms with Crippen LogP contribution in [0.5, 0.6) is 5.75 Å². The highest BCUT2D eigenvalue weighted by molar-refractivity contribution is 7.80. The van der Waals surface area contributed by atoms with Crippen LogP contribution in [0, 0.1) is 5.82 Å². The first-order valence-electron chi connectivity index (χ1n) is 9.99. The molecule has 1 atom stereocenters. The minimum Gasteiger partial charge on any atom is -0.495 e. The van der Waals surface area contributed by atoms with E-state index in [2.05, 4.69) is 10.6 Å². The van der Waals surface area contributed by atoms with Crippen molar-refractivity contribution in [3.8, 4) is 5.75 Å². The summed E-state index contributed by atoms with van der Waals surface area (Å²) < 4.78 is 18.3. The molecule has 1 aliphatic rings. The molecule has 0 aliphatic carbocycles. The van der Waals surface area contributed by atoms with Crippen LogP contribution < -0.4 is 20.3 Å². The summed E-state index contributed by atoms with van der Waals surface area (Å²) >= 11 is 11.8. The molecular formula is C22H22ClFN4O4S. The van der Waals surface area contributed by atoms with Gasteiger partial charge in [0.15, 0.2) is 5.11 Å². The van der Waals surface area contributed by atoms with Gasteiger partial charge in [0.05, 0.1) is 24.2 Å². The van der Waals surface area contributed by atoms with E-state index in [0.29, 0.717) is 22.1 Å². The summed E-state index contributed by atoms with van der Waals surface area (Å²) in [5, 5.41) is 5.80. The molecule has 3 amide bonds. The molecule has 0 radical (unpaired) electrons. The van der Waals surface area contributed by atoms with Crippen LogP contribution in [0.2, 0.25) is 5.02 Å². The lowest BCUT2D eigenvalue weighted by molar-refractivity contribution is -0.124. The molecule has 8 nitrogen and oxygen atoms in total. The Labute approximate surface area is 200 Å². The number of halogens is 2. The van der Waals surface area contributed by atoms with Crippen molar-refractivity contribution in [2.45, 2.75) is 19.4 Å². The van der Waals surface area contributed by atoms with Gasteiger partial charge >= 0.3 is 0 Å². The molecule has 0 bridgehead atoms. The Hall–Kier alpha value is -3.24. The summed E-state index contributed by atoms with van der Waals surface area (Å²) in [6.45, 7) is 1.84. The van der Waals surface area contributed by atoms with Gasteiger partial charge in [-0.15, -0.1) is 0 Å². The van der Waals surface area contributed by atoms with Crippen molar-refractivity contribution >= 4 is 58.0 Å². The molecule has 1 heterocycles. The summed E-state index contributed by atoms with van der Waals surface area (Å²) in [7, 11) is 1.48. The number of benzene rings is 2. The molecule has 1 aliphatic heterocycles. The highest BCUT2D eigenvalue weighted by Crippen LogP contribution is 2.33. The number of methoxy groups -OCH3 is 1. The van der Waals surface area contributed by atoms with E-state index in [0.717, 1.165) is 0 Å². The highest BCUT2D eigenvalue weighted by atomic mass is 35.5. The van der Waals surface area contributed by atoms with E-state index < -0.39 is 23.7 Å². The molecule has 0 spiro atoms. The number of carbonyl (C=O) groups excluding carboxylic acids is 3. The number of ether oxygens (including phenoxy) is 1. The summed E-state index contributed by atoms with van der Waals surface area (Å²) in [5.41, 5.74) is 0.833. The van der Waals surface area contributed by atoms with E-state index in [1.54, 1.807) is 23.1 Å². The lowest BCUT2D eigenvalue weighted by atomic mass is 10.1. The molecule has 2 aromatic carbocycles. The van der Waals surface area contributed by atoms with Crippen LogP contribution in [-0.4, -0.2) is 54.0 Å². The third kappa shape index (κ3) is 5.77. The Balaban J connectivity index is 1.83. The van der Waals surface area contributed by atoms with E-state index in [4.69, 9.17) is 28.6 Å². The smallest absolute Gasteiger partial charge is 0.256 e. The number of carbonyl (C=O) groups is 3. The number of nitrogens with one attached hydrogen (secondary N) is 2. The fourth-order valence-corrected chi connectivity index (χ4v) is 4.06. The molecule has 3 rings (SSSR count). The third-order valence-corrected chi connectivity index (χ3v) is 5.66. The Morgan fingerprint density at radius 1 is 1.21 bits per heavy atom. The zero-order chi connectivity index (χ0) is 24.1. The van der Waals surface area contributed by atoms with Crippen LogP contribution in [0.4, 0.5) is 15.8 Å². The van der Waals surface area contributed by atoms with Crippen LogP contribution in [0.1, 0.15) is 13.3 Å². The number of hydrogen-bond acceptors (Lipinski definition) is 5. The first-order valence-corrected chi connectivity index (χ1v) is 10.8. The van der Waals surface area contributed by atoms with Gasteiger partial charge in [-0.1, -0.05) is 11.6 Å². The van der Waals surface area contributed by atoms with Gasteiger partial charge in [-0.3, -0.25) is 19.3 Å². The number of anilines is 2. The number of rotatable bonds is 8. The summed E-state index contributed by atoms with van der Waals surface area (Å²) in [4.78, 5) is 40.2. The lowest BCUT2D eigenvalue weighted by Gasteiger charge is -2.24. The fourth-order valence-electron chi connectivity index (χ4n) is 3.39. The minimum atomic E-state index is -0.896. The number of thiocarbonyl (C=S) groups is 1. The van der Waals surface area contributed by atoms with Crippen molar-refractivity contribution < 1.29 is 23.5 Å². The number of nitrogens with zero attached hydrogens (tertiary/aromatic N) is 2. The Morgan fingerprint density at radius 3 is 2.52 bits per heavy atom. The molecule has 0 saturated carbocycles. The topological polar surface area (TPSA) is 91.0 Å². The minimum absolute atomic E-state index is 0.186. The second-order valence-electron chi connectivity index (χ2n) is 7.23. The van der Waals surface area contributed by atoms with Gasteiger partial charge in [0.25, 0.3) is 5.91 Å². The second-order valence-corrected chi connectivity index (χ2v) is 8.00. The first kappa shape index (κ1) is 24.4. The Kier molecular flexibility index (Phi) is 7.83. The molecule has 1 fully saturated rings. The van der Waals surface area contributed by atoms with Crippen molar-refractivity contribution in [1.29, 1.82) is 0 Å². The second kappa shape index (κ2) is 10.6. The molecule has 0 unspecified atom stereocenters. The van der Waals surface area contributed by atoms with Crippen LogP contribution >= 0.6 is 23.8 Å². The van der Waals surface area contributed by atoms with E-state index in [-0.39, 0.29) is 30.5 Å². The first-order chi connectivity index (χ1) is 15.7. The molecule has 33 heavy (non-hydrogen) atoms. The van der Waals surface area contributed by atoms with Crippen LogP contribution in [0.3, 0.4) is 0 Å². The van der Waals surface area contributed by atoms with Crippen LogP contribution in [0.25, 0.3) is 0 Å². The van der Waals surface area contributed by atoms with E-state index >= 15 is 0 Å². The van der Waals surface area contributed by atoms with E-state index in [1.807, 2.05) is 0 Å². The standard InChI is InChI=1S/C22H22ClFN4O4S/c1-13(29)25-9-10-27-18(12-20(30)26-15-5-3-14(24)4-6-15)21(31)28(22(27)33)16-7-8-19(32-2)17(23)11-16/h3-8,11,18H,9-10,12H2,1-2H3,(H,25,29)(H,26,30)/t18-/m1/s1. The van der Waals surface area contributed by atoms with Gasteiger partial charge < -0.3 is 20.3 Å². The van der Waals surface area contributed by atoms with Crippen molar-refractivity contribution in [3.63, 3.8) is 0 Å². The molecule has 174 valence electrons. The Bertz CT molecular complexity index is 1080. The normalized spacial score (nSPS) is 15.6. The maximum Gasteiger partial charge on any atom is 0.256 e. The molecule has 11 heteroatoms. The van der Waals surface area contributed by atoms with Crippen molar-refractivity contribution in [2.75, 3.05) is 30.4 Å². The quantitative estimate of drug-likeness (QED) is 0.551. The maximum absolute atomic E-state index is 13.3. The average molecular weight is 493 g/mol. The molecular weight excluding hydrogens is 471 g/mol. The largest absolute Gasteiger partial charge is 0.495 e. The third-order valence-electron chi connectivity index (χ3n) is 4.95. The van der Waals surface area contributed by atoms with Crippen molar-refractivity contribution in [1.82, 2.24) is 10.2 Å². The summed E-state index contributed by atoms with van der Waals surface area (Å²) in [5.74, 6) is -1.06. The van der Waals surface area contributed by atoms with Crippen molar-refractivity contribution in [3.05, 3.63) is 53.3 Å². The maximum atomic E-state index is 13.3. The van der Waals surface area contributed by atoms with Gasteiger partial charge in [0.2, 0.25) is 11.8 Å². The molecule has 0 aromatic heterocycles. The number of amides is 3. The summed E-state index contributed by atoms with van der Waals surface area (Å²) in [6, 6.07) is 9.21. The molecule has 2 aromatic rings. The predicted molar refractivity (Wildman–Crippen MR) is 127 cm³/mol. The lowest BCUT2D eigenvalue weighted by Crippen LogP contribution is -2.42. The molecule has 1 saturated heterocycles. The highest BCUT2D eigenvalue weighted by Gasteiger charge is 2.44. The summed E-state index contributed by atoms with van der Waals surface area (Å²) in [6.07, 6.45) is -0.198. The van der Waals surface area contributed by atoms with Gasteiger partial charge in [-0.05, 0) is 54.7 Å². The van der Waals surface area contributed by atoms with Gasteiger partial charge in [-0.25, -0.2) is 4.39 Å². The average Bonchev–Trinajstić information content (AvgIpc) is 2.99. The zero-order valence-corrected chi connectivity index (χ0v) is 19.5. The van der Waals surface area contributed by atoms with E-state index in [9.17, 15) is 18.8 Å². The van der Waals surface area contributed by atoms with E-state index in [1.165, 1.54) is 43.2 Å². The fraction of sp³-hybridized carbons (Fsp3) is 0.273. The van der Waals surface area contributed by atoms with Crippen LogP contribution in [0.15, 0.2) is 42.5 Å². The van der Waals surface area contributed by atoms with Crippen LogP contribution in [-0.2, 0) is 14.4 Å². The zero-order valence-electron chi connectivity index (χ0n) is 17.9. The Morgan fingerprint density at radius 2 is 1.91 bits per heavy atom. The van der Waals surface area contributed by atoms with Gasteiger partial charge in [0, 0.05) is 25.7 Å². The molecule has 2 N–H and O–H groups in total. The number of hydrogen-bond donors (Lipinski definition) is 2. The SMILES string of the molecule is COc1ccc(N2C(=O)[C@@H](CC(=O)Nc3ccc(F)cc3)N(CCNC(C)=O)C2=S)cc1Cl.